The van der Waals surface area contributed by atoms with Gasteiger partial charge in [0.05, 0.1) is 11.4 Å². The molecule has 0 unspecified atom stereocenters. The van der Waals surface area contributed by atoms with E-state index in [-0.39, 0.29) is 12.5 Å². The first-order valence-electron chi connectivity index (χ1n) is 6.26. The average Bonchev–Trinajstić information content (AvgIpc) is 2.72. The van der Waals surface area contributed by atoms with Crippen LogP contribution < -0.4 is 0 Å². The Hall–Kier alpha value is -1.31. The van der Waals surface area contributed by atoms with E-state index in [2.05, 4.69) is 11.8 Å². The molecular weight excluding hydrogens is 246 g/mol. The molecule has 1 saturated heterocycles. The fourth-order valence-electron chi connectivity index (χ4n) is 2.05. The van der Waals surface area contributed by atoms with Crippen molar-refractivity contribution >= 4 is 17.2 Å². The summed E-state index contributed by atoms with van der Waals surface area (Å²) in [6, 6.07) is 3.97. The third kappa shape index (κ3) is 3.59. The number of amides is 1. The molecule has 2 heterocycles. The lowest BCUT2D eigenvalue weighted by molar-refractivity contribution is -0.131. The molecule has 1 aliphatic heterocycles. The zero-order valence-corrected chi connectivity index (χ0v) is 11.1. The van der Waals surface area contributed by atoms with Crippen LogP contribution in [-0.4, -0.2) is 29.1 Å². The van der Waals surface area contributed by atoms with Crippen LogP contribution in [0, 0.1) is 11.8 Å². The minimum Gasteiger partial charge on any atom is -0.384 e. The molecule has 1 amide bonds. The Balaban J connectivity index is 1.99. The maximum atomic E-state index is 11.9. The first kappa shape index (κ1) is 13.1. The van der Waals surface area contributed by atoms with Crippen molar-refractivity contribution in [3.05, 3.63) is 21.9 Å². The second-order valence-electron chi connectivity index (χ2n) is 4.35. The third-order valence-corrected chi connectivity index (χ3v) is 3.96. The molecule has 1 fully saturated rings. The van der Waals surface area contributed by atoms with Gasteiger partial charge < -0.3 is 10.0 Å². The number of aliphatic hydroxyl groups excluding tert-OH is 1. The topological polar surface area (TPSA) is 40.5 Å². The van der Waals surface area contributed by atoms with Crippen molar-refractivity contribution < 1.29 is 9.90 Å². The number of thiophene rings is 1. The number of rotatable bonds is 2. The van der Waals surface area contributed by atoms with Crippen LogP contribution in [0.4, 0.5) is 0 Å². The van der Waals surface area contributed by atoms with Gasteiger partial charge in [0.25, 0.3) is 0 Å². The van der Waals surface area contributed by atoms with Gasteiger partial charge >= 0.3 is 0 Å². The molecule has 0 saturated carbocycles. The van der Waals surface area contributed by atoms with Crippen LogP contribution in [0.1, 0.15) is 35.4 Å². The second-order valence-corrected chi connectivity index (χ2v) is 5.52. The number of likely N-dealkylation sites (tertiary alicyclic amines) is 1. The summed E-state index contributed by atoms with van der Waals surface area (Å²) in [7, 11) is 0. The molecule has 1 aromatic rings. The highest BCUT2D eigenvalue weighted by Crippen LogP contribution is 2.20. The van der Waals surface area contributed by atoms with Gasteiger partial charge in [0.2, 0.25) is 5.91 Å². The summed E-state index contributed by atoms with van der Waals surface area (Å²) in [6.07, 6.45) is 3.96. The quantitative estimate of drug-likeness (QED) is 0.829. The van der Waals surface area contributed by atoms with Crippen molar-refractivity contribution in [2.45, 2.75) is 32.2 Å². The van der Waals surface area contributed by atoms with E-state index in [0.29, 0.717) is 13.0 Å². The lowest BCUT2D eigenvalue weighted by Crippen LogP contribution is -2.29. The molecular formula is C14H17NO2S. The predicted molar refractivity (Wildman–Crippen MR) is 72.2 cm³/mol. The molecule has 3 nitrogen and oxygen atoms in total. The Bertz CT molecular complexity index is 470. The number of carbonyl (C=O) groups is 1. The summed E-state index contributed by atoms with van der Waals surface area (Å²) >= 11 is 1.60. The average molecular weight is 263 g/mol. The number of nitrogens with zero attached hydrogens (tertiary/aromatic N) is 1. The van der Waals surface area contributed by atoms with Gasteiger partial charge in [-0.3, -0.25) is 4.79 Å². The second kappa shape index (κ2) is 6.58. The molecule has 0 atom stereocenters. The molecule has 2 rings (SSSR count). The molecule has 4 heteroatoms. The summed E-state index contributed by atoms with van der Waals surface area (Å²) in [6.45, 7) is 1.45. The smallest absolute Gasteiger partial charge is 0.222 e. The van der Waals surface area contributed by atoms with Gasteiger partial charge in [0, 0.05) is 17.8 Å². The Morgan fingerprint density at radius 2 is 2.22 bits per heavy atom. The first-order valence-corrected chi connectivity index (χ1v) is 7.07. The van der Waals surface area contributed by atoms with E-state index in [4.69, 9.17) is 5.11 Å². The highest BCUT2D eigenvalue weighted by atomic mass is 32.1. The Kier molecular flexibility index (Phi) is 4.80. The standard InChI is InChI=1S/C14H17NO2S/c16-10-4-5-12-7-8-13(18-12)11-15-9-3-1-2-6-14(15)17/h7-8,16H,1-3,6,9-11H2. The normalized spacial score (nSPS) is 16.1. The minimum atomic E-state index is -0.113. The molecule has 1 N–H and O–H groups in total. The van der Waals surface area contributed by atoms with Gasteiger partial charge in [-0.05, 0) is 25.0 Å². The number of carbonyl (C=O) groups excluding carboxylic acids is 1. The lowest BCUT2D eigenvalue weighted by Gasteiger charge is -2.19. The van der Waals surface area contributed by atoms with Crippen LogP contribution in [0.2, 0.25) is 0 Å². The van der Waals surface area contributed by atoms with Crippen molar-refractivity contribution in [3.63, 3.8) is 0 Å². The number of hydrogen-bond donors (Lipinski definition) is 1. The van der Waals surface area contributed by atoms with Crippen LogP contribution in [0.5, 0.6) is 0 Å². The monoisotopic (exact) mass is 263 g/mol. The van der Waals surface area contributed by atoms with E-state index in [1.54, 1.807) is 11.3 Å². The van der Waals surface area contributed by atoms with Crippen molar-refractivity contribution in [1.29, 1.82) is 0 Å². The third-order valence-electron chi connectivity index (χ3n) is 2.97. The van der Waals surface area contributed by atoms with Crippen LogP contribution in [0.3, 0.4) is 0 Å². The molecule has 0 radical (unpaired) electrons. The van der Waals surface area contributed by atoms with Crippen molar-refractivity contribution in [2.75, 3.05) is 13.2 Å². The van der Waals surface area contributed by atoms with Gasteiger partial charge in [-0.25, -0.2) is 0 Å². The molecule has 0 spiro atoms. The summed E-state index contributed by atoms with van der Waals surface area (Å²) in [5.74, 6) is 5.79. The molecule has 0 bridgehead atoms. The fourth-order valence-corrected chi connectivity index (χ4v) is 2.95. The van der Waals surface area contributed by atoms with Crippen molar-refractivity contribution in [2.24, 2.45) is 0 Å². The maximum Gasteiger partial charge on any atom is 0.222 e. The van der Waals surface area contributed by atoms with E-state index in [0.717, 1.165) is 35.6 Å². The fraction of sp³-hybridized carbons (Fsp3) is 0.500. The van der Waals surface area contributed by atoms with E-state index < -0.39 is 0 Å². The van der Waals surface area contributed by atoms with Crippen LogP contribution in [0.25, 0.3) is 0 Å². The minimum absolute atomic E-state index is 0.113. The molecule has 0 aliphatic carbocycles. The summed E-state index contributed by atoms with van der Waals surface area (Å²) in [4.78, 5) is 15.9. The van der Waals surface area contributed by atoms with Gasteiger partial charge in [-0.15, -0.1) is 11.3 Å². The van der Waals surface area contributed by atoms with Gasteiger partial charge in [0.15, 0.2) is 0 Å². The maximum absolute atomic E-state index is 11.9. The van der Waals surface area contributed by atoms with E-state index >= 15 is 0 Å². The van der Waals surface area contributed by atoms with E-state index in [1.165, 1.54) is 0 Å². The van der Waals surface area contributed by atoms with Crippen LogP contribution >= 0.6 is 11.3 Å². The largest absolute Gasteiger partial charge is 0.384 e. The van der Waals surface area contributed by atoms with E-state index in [1.807, 2.05) is 17.0 Å². The Morgan fingerprint density at radius 1 is 1.33 bits per heavy atom. The van der Waals surface area contributed by atoms with Gasteiger partial charge in [-0.2, -0.15) is 0 Å². The van der Waals surface area contributed by atoms with Gasteiger partial charge in [0.1, 0.15) is 6.61 Å². The number of aliphatic hydroxyl groups is 1. The van der Waals surface area contributed by atoms with E-state index in [9.17, 15) is 4.79 Å². The van der Waals surface area contributed by atoms with Gasteiger partial charge in [-0.1, -0.05) is 18.3 Å². The summed E-state index contributed by atoms with van der Waals surface area (Å²) in [5, 5.41) is 8.64. The summed E-state index contributed by atoms with van der Waals surface area (Å²) < 4.78 is 0. The zero-order valence-electron chi connectivity index (χ0n) is 10.3. The highest BCUT2D eigenvalue weighted by Gasteiger charge is 2.17. The highest BCUT2D eigenvalue weighted by molar-refractivity contribution is 7.12. The zero-order chi connectivity index (χ0) is 12.8. The lowest BCUT2D eigenvalue weighted by atomic mass is 10.2. The molecule has 1 aromatic heterocycles. The SMILES string of the molecule is O=C1CCCCCN1Cc1ccc(C#CCO)s1. The van der Waals surface area contributed by atoms with Crippen molar-refractivity contribution in [1.82, 2.24) is 4.90 Å². The van der Waals surface area contributed by atoms with Crippen LogP contribution in [0.15, 0.2) is 12.1 Å². The number of hydrogen-bond acceptors (Lipinski definition) is 3. The molecule has 1 aliphatic rings. The Morgan fingerprint density at radius 3 is 3.06 bits per heavy atom. The summed E-state index contributed by atoms with van der Waals surface area (Å²) in [5.41, 5.74) is 0. The first-order chi connectivity index (χ1) is 8.79. The molecule has 18 heavy (non-hydrogen) atoms. The Labute approximate surface area is 111 Å². The predicted octanol–water partition coefficient (Wildman–Crippen LogP) is 1.99. The van der Waals surface area contributed by atoms with Crippen LogP contribution in [-0.2, 0) is 11.3 Å². The van der Waals surface area contributed by atoms with Crippen molar-refractivity contribution in [3.8, 4) is 11.8 Å². The molecule has 96 valence electrons. The molecule has 0 aromatic carbocycles.